The zero-order valence-electron chi connectivity index (χ0n) is 9.48. The molecule has 4 heteroatoms. The third-order valence-electron chi connectivity index (χ3n) is 2.34. The maximum Gasteiger partial charge on any atom is 0.307 e. The molecule has 0 aliphatic rings. The Morgan fingerprint density at radius 3 is 2.50 bits per heavy atom. The van der Waals surface area contributed by atoms with Gasteiger partial charge in [-0.3, -0.25) is 4.79 Å². The molecule has 0 bridgehead atoms. The Morgan fingerprint density at radius 1 is 1.38 bits per heavy atom. The summed E-state index contributed by atoms with van der Waals surface area (Å²) in [5.74, 6) is -0.266. The first kappa shape index (κ1) is 12.7. The van der Waals surface area contributed by atoms with Gasteiger partial charge in [0.05, 0.1) is 13.0 Å². The number of ether oxygens (including phenoxy) is 1. The minimum atomic E-state index is -0.314. The van der Waals surface area contributed by atoms with Crippen LogP contribution in [0.5, 0.6) is 0 Å². The summed E-state index contributed by atoms with van der Waals surface area (Å²) in [6.07, 6.45) is 0.204. The number of nitrogens with two attached hydrogens (primary N) is 2. The van der Waals surface area contributed by atoms with E-state index in [1.54, 1.807) is 6.92 Å². The highest BCUT2D eigenvalue weighted by molar-refractivity contribution is 5.70. The summed E-state index contributed by atoms with van der Waals surface area (Å²) >= 11 is 0. The molecule has 88 valence electrons. The molecule has 4 nitrogen and oxygen atoms in total. The van der Waals surface area contributed by atoms with E-state index >= 15 is 0 Å². The molecule has 0 heterocycles. The van der Waals surface area contributed by atoms with E-state index in [0.717, 1.165) is 11.1 Å². The first-order valence-corrected chi connectivity index (χ1v) is 5.37. The van der Waals surface area contributed by atoms with Crippen LogP contribution in [0.25, 0.3) is 0 Å². The van der Waals surface area contributed by atoms with Gasteiger partial charge in [-0.2, -0.15) is 0 Å². The largest absolute Gasteiger partial charge is 0.466 e. The third-order valence-corrected chi connectivity index (χ3v) is 2.34. The van der Waals surface area contributed by atoms with Crippen molar-refractivity contribution in [1.29, 1.82) is 0 Å². The van der Waals surface area contributed by atoms with Gasteiger partial charge in [-0.1, -0.05) is 24.3 Å². The van der Waals surface area contributed by atoms with Gasteiger partial charge in [-0.25, -0.2) is 0 Å². The lowest BCUT2D eigenvalue weighted by Gasteiger charge is -2.11. The molecule has 1 rings (SSSR count). The van der Waals surface area contributed by atoms with Crippen molar-refractivity contribution in [2.75, 3.05) is 6.61 Å². The lowest BCUT2D eigenvalue weighted by Crippen LogP contribution is -2.17. The van der Waals surface area contributed by atoms with E-state index in [9.17, 15) is 4.79 Å². The van der Waals surface area contributed by atoms with Crippen LogP contribution in [0.1, 0.15) is 30.5 Å². The molecule has 0 fully saturated rings. The molecule has 0 aliphatic carbocycles. The fourth-order valence-corrected chi connectivity index (χ4v) is 1.42. The number of carbonyl (C=O) groups excluding carboxylic acids is 1. The van der Waals surface area contributed by atoms with Crippen molar-refractivity contribution in [2.24, 2.45) is 11.5 Å². The van der Waals surface area contributed by atoms with E-state index < -0.39 is 0 Å². The van der Waals surface area contributed by atoms with E-state index in [-0.39, 0.29) is 18.4 Å². The Kier molecular flexibility index (Phi) is 4.95. The Morgan fingerprint density at radius 2 is 2.00 bits per heavy atom. The maximum absolute atomic E-state index is 11.2. The van der Waals surface area contributed by atoms with Gasteiger partial charge < -0.3 is 16.2 Å². The zero-order valence-corrected chi connectivity index (χ0v) is 9.48. The molecule has 0 spiro atoms. The lowest BCUT2D eigenvalue weighted by molar-refractivity contribution is -0.143. The number of hydrogen-bond acceptors (Lipinski definition) is 4. The second-order valence-electron chi connectivity index (χ2n) is 3.56. The first-order valence-electron chi connectivity index (χ1n) is 5.37. The van der Waals surface area contributed by atoms with Gasteiger partial charge in [-0.15, -0.1) is 0 Å². The fraction of sp³-hybridized carbons (Fsp3) is 0.417. The van der Waals surface area contributed by atoms with Crippen molar-refractivity contribution in [3.05, 3.63) is 35.4 Å². The summed E-state index contributed by atoms with van der Waals surface area (Å²) in [6.45, 7) is 2.67. The van der Waals surface area contributed by atoms with Crippen molar-refractivity contribution in [2.45, 2.75) is 25.9 Å². The second kappa shape index (κ2) is 6.25. The number of benzene rings is 1. The van der Waals surface area contributed by atoms with Gasteiger partial charge in [0.25, 0.3) is 0 Å². The first-order chi connectivity index (χ1) is 7.67. The van der Waals surface area contributed by atoms with Gasteiger partial charge in [0.1, 0.15) is 0 Å². The molecule has 0 radical (unpaired) electrons. The third kappa shape index (κ3) is 3.64. The molecule has 0 saturated carbocycles. The van der Waals surface area contributed by atoms with Crippen LogP contribution in [0, 0.1) is 0 Å². The molecule has 0 aliphatic heterocycles. The smallest absolute Gasteiger partial charge is 0.307 e. The lowest BCUT2D eigenvalue weighted by atomic mass is 10.0. The summed E-state index contributed by atoms with van der Waals surface area (Å²) in [4.78, 5) is 11.2. The van der Waals surface area contributed by atoms with Gasteiger partial charge in [-0.05, 0) is 18.1 Å². The van der Waals surface area contributed by atoms with Gasteiger partial charge in [0, 0.05) is 12.6 Å². The Labute approximate surface area is 95.6 Å². The van der Waals surface area contributed by atoms with E-state index in [4.69, 9.17) is 16.2 Å². The van der Waals surface area contributed by atoms with Crippen LogP contribution in [-0.4, -0.2) is 12.6 Å². The van der Waals surface area contributed by atoms with Crippen LogP contribution in [-0.2, 0) is 16.1 Å². The van der Waals surface area contributed by atoms with Crippen molar-refractivity contribution in [3.63, 3.8) is 0 Å². The number of hydrogen-bond donors (Lipinski definition) is 2. The highest BCUT2D eigenvalue weighted by Gasteiger charge is 2.11. The molecular formula is C12H18N2O2. The SMILES string of the molecule is CCOC(=O)CC(N)c1ccc(CN)cc1. The van der Waals surface area contributed by atoms with Crippen LogP contribution >= 0.6 is 0 Å². The second-order valence-corrected chi connectivity index (χ2v) is 3.56. The summed E-state index contributed by atoms with van der Waals surface area (Å²) in [6, 6.07) is 7.31. The van der Waals surface area contributed by atoms with Gasteiger partial charge >= 0.3 is 5.97 Å². The maximum atomic E-state index is 11.2. The molecule has 0 aromatic heterocycles. The molecule has 4 N–H and O–H groups in total. The number of carbonyl (C=O) groups is 1. The van der Waals surface area contributed by atoms with E-state index in [1.165, 1.54) is 0 Å². The van der Waals surface area contributed by atoms with Crippen molar-refractivity contribution >= 4 is 5.97 Å². The summed E-state index contributed by atoms with van der Waals surface area (Å²) in [7, 11) is 0. The predicted molar refractivity (Wildman–Crippen MR) is 62.5 cm³/mol. The van der Waals surface area contributed by atoms with E-state index in [1.807, 2.05) is 24.3 Å². The monoisotopic (exact) mass is 222 g/mol. The molecule has 16 heavy (non-hydrogen) atoms. The minimum absolute atomic E-state index is 0.204. The molecular weight excluding hydrogens is 204 g/mol. The normalized spacial score (nSPS) is 12.2. The topological polar surface area (TPSA) is 78.3 Å². The highest BCUT2D eigenvalue weighted by Crippen LogP contribution is 2.15. The number of rotatable bonds is 5. The molecule has 0 saturated heterocycles. The average Bonchev–Trinajstić information content (AvgIpc) is 2.29. The van der Waals surface area contributed by atoms with Crippen molar-refractivity contribution < 1.29 is 9.53 Å². The minimum Gasteiger partial charge on any atom is -0.466 e. The van der Waals surface area contributed by atoms with Crippen LogP contribution in [0.15, 0.2) is 24.3 Å². The number of esters is 1. The van der Waals surface area contributed by atoms with Crippen molar-refractivity contribution in [1.82, 2.24) is 0 Å². The zero-order chi connectivity index (χ0) is 12.0. The van der Waals surface area contributed by atoms with E-state index in [0.29, 0.717) is 13.2 Å². The standard InChI is InChI=1S/C12H18N2O2/c1-2-16-12(15)7-11(14)10-5-3-9(8-13)4-6-10/h3-6,11H,2,7-8,13-14H2,1H3. The molecule has 0 amide bonds. The molecule has 1 unspecified atom stereocenters. The highest BCUT2D eigenvalue weighted by atomic mass is 16.5. The summed E-state index contributed by atoms with van der Waals surface area (Å²) in [5, 5.41) is 0. The summed E-state index contributed by atoms with van der Waals surface area (Å²) in [5.41, 5.74) is 13.3. The average molecular weight is 222 g/mol. The van der Waals surface area contributed by atoms with Crippen LogP contribution in [0.2, 0.25) is 0 Å². The Bertz CT molecular complexity index is 335. The Balaban J connectivity index is 2.58. The molecule has 1 aromatic rings. The fourth-order valence-electron chi connectivity index (χ4n) is 1.42. The predicted octanol–water partition coefficient (Wildman–Crippen LogP) is 1.10. The van der Waals surface area contributed by atoms with Gasteiger partial charge in [0.2, 0.25) is 0 Å². The summed E-state index contributed by atoms with van der Waals surface area (Å²) < 4.78 is 4.84. The van der Waals surface area contributed by atoms with Crippen LogP contribution in [0.3, 0.4) is 0 Å². The van der Waals surface area contributed by atoms with Crippen molar-refractivity contribution in [3.8, 4) is 0 Å². The van der Waals surface area contributed by atoms with Crippen LogP contribution < -0.4 is 11.5 Å². The van der Waals surface area contributed by atoms with Gasteiger partial charge in [0.15, 0.2) is 0 Å². The molecule has 1 aromatic carbocycles. The Hall–Kier alpha value is -1.39. The molecule has 1 atom stereocenters. The van der Waals surface area contributed by atoms with Crippen LogP contribution in [0.4, 0.5) is 0 Å². The quantitative estimate of drug-likeness (QED) is 0.731. The van der Waals surface area contributed by atoms with E-state index in [2.05, 4.69) is 0 Å².